The second kappa shape index (κ2) is 7.52. The summed E-state index contributed by atoms with van der Waals surface area (Å²) in [5, 5.41) is 3.60. The summed E-state index contributed by atoms with van der Waals surface area (Å²) in [7, 11) is 0. The Labute approximate surface area is 140 Å². The van der Waals surface area contributed by atoms with Crippen LogP contribution in [0.15, 0.2) is 42.5 Å². The molecule has 0 bridgehead atoms. The molecule has 2 aromatic carbocycles. The molecule has 0 aliphatic rings. The molecule has 22 heavy (non-hydrogen) atoms. The maximum atomic E-state index is 12.2. The molecule has 0 aromatic heterocycles. The fourth-order valence-corrected chi connectivity index (χ4v) is 2.27. The van der Waals surface area contributed by atoms with Crippen LogP contribution in [0.5, 0.6) is 5.75 Å². The van der Waals surface area contributed by atoms with Crippen molar-refractivity contribution in [2.24, 2.45) is 0 Å². The summed E-state index contributed by atoms with van der Waals surface area (Å²) >= 11 is 11.8. The molecule has 116 valence electrons. The highest BCUT2D eigenvalue weighted by atomic mass is 35.5. The molecule has 0 fully saturated rings. The van der Waals surface area contributed by atoms with Gasteiger partial charge < -0.3 is 10.1 Å². The largest absolute Gasteiger partial charge is 0.481 e. The Balaban J connectivity index is 2.04. The quantitative estimate of drug-likeness (QED) is 0.837. The molecule has 0 unspecified atom stereocenters. The van der Waals surface area contributed by atoms with Gasteiger partial charge in [0.05, 0.1) is 10.0 Å². The summed E-state index contributed by atoms with van der Waals surface area (Å²) < 4.78 is 5.75. The van der Waals surface area contributed by atoms with Crippen LogP contribution < -0.4 is 10.1 Å². The number of carbonyl (C=O) groups excluding carboxylic acids is 1. The number of para-hydroxylation sites is 1. The second-order valence-electron chi connectivity index (χ2n) is 4.84. The van der Waals surface area contributed by atoms with E-state index in [-0.39, 0.29) is 5.91 Å². The monoisotopic (exact) mass is 337 g/mol. The van der Waals surface area contributed by atoms with Crippen LogP contribution in [-0.4, -0.2) is 12.0 Å². The van der Waals surface area contributed by atoms with Crippen molar-refractivity contribution in [3.05, 3.63) is 58.1 Å². The van der Waals surface area contributed by atoms with Crippen molar-refractivity contribution < 1.29 is 9.53 Å². The first kappa shape index (κ1) is 16.7. The zero-order valence-corrected chi connectivity index (χ0v) is 13.9. The van der Waals surface area contributed by atoms with Gasteiger partial charge in [0.15, 0.2) is 6.10 Å². The normalized spacial score (nSPS) is 11.8. The maximum absolute atomic E-state index is 12.2. The molecule has 1 atom stereocenters. The van der Waals surface area contributed by atoms with Gasteiger partial charge in [0.1, 0.15) is 5.75 Å². The average Bonchev–Trinajstić information content (AvgIpc) is 2.51. The maximum Gasteiger partial charge on any atom is 0.265 e. The summed E-state index contributed by atoms with van der Waals surface area (Å²) in [5.74, 6) is 0.478. The van der Waals surface area contributed by atoms with Crippen molar-refractivity contribution in [2.75, 3.05) is 5.32 Å². The molecule has 0 saturated carbocycles. The predicted octanol–water partition coefficient (Wildman–Crippen LogP) is 4.96. The number of aryl methyl sites for hydroxylation is 1. The molecule has 0 radical (unpaired) electrons. The zero-order chi connectivity index (χ0) is 16.1. The average molecular weight is 338 g/mol. The van der Waals surface area contributed by atoms with Gasteiger partial charge in [-0.15, -0.1) is 0 Å². The van der Waals surface area contributed by atoms with Gasteiger partial charge in [-0.3, -0.25) is 4.79 Å². The van der Waals surface area contributed by atoms with E-state index in [9.17, 15) is 4.79 Å². The molecule has 0 spiro atoms. The van der Waals surface area contributed by atoms with Crippen LogP contribution in [0.25, 0.3) is 0 Å². The van der Waals surface area contributed by atoms with Gasteiger partial charge in [0.25, 0.3) is 5.91 Å². The minimum absolute atomic E-state index is 0.246. The van der Waals surface area contributed by atoms with E-state index in [1.54, 1.807) is 25.1 Å². The van der Waals surface area contributed by atoms with Gasteiger partial charge in [-0.05, 0) is 43.2 Å². The highest BCUT2D eigenvalue weighted by Gasteiger charge is 2.16. The van der Waals surface area contributed by atoms with Crippen molar-refractivity contribution in [1.82, 2.24) is 0 Å². The standard InChI is InChI=1S/C17H17Cl2NO2/c1-3-12-6-4-5-7-16(12)22-11(2)17(21)20-13-8-9-14(18)15(19)10-13/h4-11H,3H2,1-2H3,(H,20,21)/t11-/m0/s1. The molecule has 2 rings (SSSR count). The van der Waals surface area contributed by atoms with Crippen molar-refractivity contribution in [3.63, 3.8) is 0 Å². The first-order chi connectivity index (χ1) is 10.5. The van der Waals surface area contributed by atoms with Crippen LogP contribution in [0.4, 0.5) is 5.69 Å². The van der Waals surface area contributed by atoms with Crippen molar-refractivity contribution >= 4 is 34.8 Å². The third-order valence-corrected chi connectivity index (χ3v) is 3.95. The molecule has 0 heterocycles. The van der Waals surface area contributed by atoms with E-state index in [0.29, 0.717) is 15.7 Å². The Hall–Kier alpha value is -1.71. The van der Waals surface area contributed by atoms with E-state index in [0.717, 1.165) is 17.7 Å². The van der Waals surface area contributed by atoms with Crippen molar-refractivity contribution in [2.45, 2.75) is 26.4 Å². The lowest BCUT2D eigenvalue weighted by Crippen LogP contribution is -2.30. The fraction of sp³-hybridized carbons (Fsp3) is 0.235. The van der Waals surface area contributed by atoms with Gasteiger partial charge in [-0.1, -0.05) is 48.3 Å². The first-order valence-electron chi connectivity index (χ1n) is 7.01. The number of carbonyl (C=O) groups is 1. The van der Waals surface area contributed by atoms with Crippen molar-refractivity contribution in [3.8, 4) is 5.75 Å². The third kappa shape index (κ3) is 4.15. The minimum atomic E-state index is -0.623. The molecule has 0 saturated heterocycles. The Morgan fingerprint density at radius 3 is 2.59 bits per heavy atom. The molecule has 2 aromatic rings. The summed E-state index contributed by atoms with van der Waals surface area (Å²) in [4.78, 5) is 12.2. The predicted molar refractivity (Wildman–Crippen MR) is 91.0 cm³/mol. The summed E-state index contributed by atoms with van der Waals surface area (Å²) in [6, 6.07) is 12.6. The van der Waals surface area contributed by atoms with Gasteiger partial charge in [0.2, 0.25) is 0 Å². The van der Waals surface area contributed by atoms with E-state index < -0.39 is 6.10 Å². The summed E-state index contributed by atoms with van der Waals surface area (Å²) in [6.45, 7) is 3.75. The van der Waals surface area contributed by atoms with Gasteiger partial charge in [-0.2, -0.15) is 0 Å². The highest BCUT2D eigenvalue weighted by molar-refractivity contribution is 6.42. The third-order valence-electron chi connectivity index (χ3n) is 3.21. The molecule has 0 aliphatic carbocycles. The first-order valence-corrected chi connectivity index (χ1v) is 7.77. The van der Waals surface area contributed by atoms with E-state index in [1.807, 2.05) is 31.2 Å². The van der Waals surface area contributed by atoms with E-state index in [1.165, 1.54) is 0 Å². The second-order valence-corrected chi connectivity index (χ2v) is 5.65. The molecule has 1 amide bonds. The van der Waals surface area contributed by atoms with Crippen LogP contribution in [0.2, 0.25) is 10.0 Å². The van der Waals surface area contributed by atoms with E-state index in [2.05, 4.69) is 5.32 Å². The molecular weight excluding hydrogens is 321 g/mol. The SMILES string of the molecule is CCc1ccccc1O[C@@H](C)C(=O)Nc1ccc(Cl)c(Cl)c1. The Morgan fingerprint density at radius 2 is 1.91 bits per heavy atom. The zero-order valence-electron chi connectivity index (χ0n) is 12.4. The number of hydrogen-bond acceptors (Lipinski definition) is 2. The number of nitrogens with one attached hydrogen (secondary N) is 1. The molecule has 5 heteroatoms. The lowest BCUT2D eigenvalue weighted by atomic mass is 10.1. The highest BCUT2D eigenvalue weighted by Crippen LogP contribution is 2.25. The van der Waals surface area contributed by atoms with Gasteiger partial charge in [-0.25, -0.2) is 0 Å². The smallest absolute Gasteiger partial charge is 0.265 e. The minimum Gasteiger partial charge on any atom is -0.481 e. The number of ether oxygens (including phenoxy) is 1. The van der Waals surface area contributed by atoms with E-state index in [4.69, 9.17) is 27.9 Å². The molecule has 3 nitrogen and oxygen atoms in total. The van der Waals surface area contributed by atoms with Crippen LogP contribution >= 0.6 is 23.2 Å². The summed E-state index contributed by atoms with van der Waals surface area (Å²) in [6.07, 6.45) is 0.222. The number of benzene rings is 2. The molecule has 0 aliphatic heterocycles. The van der Waals surface area contributed by atoms with E-state index >= 15 is 0 Å². The van der Waals surface area contributed by atoms with Gasteiger partial charge in [0, 0.05) is 5.69 Å². The molecular formula is C17H17Cl2NO2. The lowest BCUT2D eigenvalue weighted by molar-refractivity contribution is -0.122. The van der Waals surface area contributed by atoms with Crippen LogP contribution in [0, 0.1) is 0 Å². The van der Waals surface area contributed by atoms with Crippen molar-refractivity contribution in [1.29, 1.82) is 0 Å². The topological polar surface area (TPSA) is 38.3 Å². The van der Waals surface area contributed by atoms with Crippen LogP contribution in [-0.2, 0) is 11.2 Å². The Morgan fingerprint density at radius 1 is 1.18 bits per heavy atom. The Kier molecular flexibility index (Phi) is 5.69. The number of amides is 1. The van der Waals surface area contributed by atoms with Crippen LogP contribution in [0.3, 0.4) is 0 Å². The number of halogens is 2. The Bertz CT molecular complexity index is 673. The number of anilines is 1. The molecule has 1 N–H and O–H groups in total. The number of hydrogen-bond donors (Lipinski definition) is 1. The summed E-state index contributed by atoms with van der Waals surface area (Å²) in [5.41, 5.74) is 1.65. The number of rotatable bonds is 5. The van der Waals surface area contributed by atoms with Gasteiger partial charge >= 0.3 is 0 Å². The lowest BCUT2D eigenvalue weighted by Gasteiger charge is -2.17. The van der Waals surface area contributed by atoms with Crippen LogP contribution in [0.1, 0.15) is 19.4 Å². The fourth-order valence-electron chi connectivity index (χ4n) is 1.97.